The Bertz CT molecular complexity index is 1950. The molecule has 5 atom stereocenters. The van der Waals surface area contributed by atoms with E-state index in [-0.39, 0.29) is 37.3 Å². The molecule has 5 amide bonds. The molecule has 15 nitrogen and oxygen atoms in total. The Labute approximate surface area is 321 Å². The highest BCUT2D eigenvalue weighted by atomic mass is 32.2. The van der Waals surface area contributed by atoms with Crippen molar-refractivity contribution in [3.8, 4) is 17.0 Å². The number of sulfonamides is 1. The Hall–Kier alpha value is -4.99. The Morgan fingerprint density at radius 3 is 2.45 bits per heavy atom. The molecule has 1 aromatic heterocycles. The van der Waals surface area contributed by atoms with Crippen LogP contribution in [0.1, 0.15) is 89.0 Å². The lowest BCUT2D eigenvalue weighted by atomic mass is 10.0. The van der Waals surface area contributed by atoms with Crippen LogP contribution in [0.15, 0.2) is 54.6 Å². The summed E-state index contributed by atoms with van der Waals surface area (Å²) in [6.07, 6.45) is 6.40. The lowest BCUT2D eigenvalue weighted by molar-refractivity contribution is -0.141. The normalized spacial score (nSPS) is 26.5. The number of hydrogen-bond acceptors (Lipinski definition) is 10. The summed E-state index contributed by atoms with van der Waals surface area (Å²) in [6, 6.07) is 10.2. The number of nitrogens with zero attached hydrogens (tertiary/aromatic N) is 2. The van der Waals surface area contributed by atoms with Gasteiger partial charge in [-0.3, -0.25) is 23.9 Å². The van der Waals surface area contributed by atoms with E-state index in [1.54, 1.807) is 26.8 Å². The maximum atomic E-state index is 14.5. The molecule has 0 spiro atoms. The molecule has 2 aliphatic carbocycles. The molecule has 1 aromatic carbocycles. The van der Waals surface area contributed by atoms with Crippen molar-refractivity contribution in [2.75, 3.05) is 13.6 Å². The van der Waals surface area contributed by atoms with Gasteiger partial charge in [0, 0.05) is 37.1 Å². The van der Waals surface area contributed by atoms with Crippen LogP contribution in [0.5, 0.6) is 5.75 Å². The van der Waals surface area contributed by atoms with Crippen molar-refractivity contribution in [3.05, 3.63) is 60.3 Å². The van der Waals surface area contributed by atoms with E-state index in [2.05, 4.69) is 25.7 Å². The Kier molecular flexibility index (Phi) is 11.6. The van der Waals surface area contributed by atoms with Gasteiger partial charge < -0.3 is 30.3 Å². The molecule has 0 radical (unpaired) electrons. The summed E-state index contributed by atoms with van der Waals surface area (Å²) in [5.41, 5.74) is -1.04. The smallest absolute Gasteiger partial charge is 0.408 e. The minimum atomic E-state index is -3.91. The van der Waals surface area contributed by atoms with Gasteiger partial charge >= 0.3 is 6.09 Å². The van der Waals surface area contributed by atoms with E-state index in [0.717, 1.165) is 18.4 Å². The standard InChI is InChI=1S/C39H50N6O9S/c1-38(2,3)54-37(50)42-29-16-12-7-5-6-11-15-25-22-39(25,36(49)44-55(51,52)28-17-18-28)43-34(47)32-21-27(23-45(32)35(29)48)53-26-19-30(24-13-9-8-10-14-24)41-31(20-26)33(46)40-4/h8-11,13-15,19-20,25,27-29,32H,5-7,12,16-18,21-23H2,1-4H3,(H,40,46)(H,42,50)(H,43,47)(H,44,49)/b15-11+/t25-,27-,29+,32+,39-/m1/s1. The van der Waals surface area contributed by atoms with E-state index in [4.69, 9.17) is 9.47 Å². The van der Waals surface area contributed by atoms with Crippen molar-refractivity contribution in [2.45, 2.75) is 113 Å². The maximum Gasteiger partial charge on any atom is 0.408 e. The second-order valence-electron chi connectivity index (χ2n) is 15.7. The molecule has 0 bridgehead atoms. The van der Waals surface area contributed by atoms with E-state index in [1.807, 2.05) is 42.5 Å². The number of alkyl carbamates (subject to hydrolysis) is 1. The molecule has 2 aromatic rings. The molecule has 2 saturated carbocycles. The molecule has 4 aliphatic rings. The topological polar surface area (TPSA) is 202 Å². The number of pyridine rings is 1. The van der Waals surface area contributed by atoms with Crippen molar-refractivity contribution >= 4 is 39.7 Å². The highest BCUT2D eigenvalue weighted by molar-refractivity contribution is 7.91. The second kappa shape index (κ2) is 16.0. The maximum absolute atomic E-state index is 14.5. The molecule has 2 aliphatic heterocycles. The zero-order chi connectivity index (χ0) is 39.5. The molecule has 3 heterocycles. The van der Waals surface area contributed by atoms with Crippen LogP contribution in [0.4, 0.5) is 4.79 Å². The van der Waals surface area contributed by atoms with Crippen LogP contribution in [0.3, 0.4) is 0 Å². The van der Waals surface area contributed by atoms with Gasteiger partial charge in [0.2, 0.25) is 21.8 Å². The molecule has 16 heteroatoms. The summed E-state index contributed by atoms with van der Waals surface area (Å²) >= 11 is 0. The average Bonchev–Trinajstić information content (AvgIpc) is 4.06. The Balaban J connectivity index is 1.32. The summed E-state index contributed by atoms with van der Waals surface area (Å²) in [6.45, 7) is 5.07. The van der Waals surface area contributed by atoms with E-state index >= 15 is 0 Å². The number of benzene rings is 1. The predicted molar refractivity (Wildman–Crippen MR) is 202 cm³/mol. The van der Waals surface area contributed by atoms with Crippen LogP contribution in [0, 0.1) is 5.92 Å². The van der Waals surface area contributed by atoms with Crippen LogP contribution < -0.4 is 25.4 Å². The molecular weight excluding hydrogens is 729 g/mol. The zero-order valence-electron chi connectivity index (χ0n) is 31.6. The van der Waals surface area contributed by atoms with Gasteiger partial charge in [-0.1, -0.05) is 55.3 Å². The number of allylic oxidation sites excluding steroid dienone is 1. The summed E-state index contributed by atoms with van der Waals surface area (Å²) in [5, 5.41) is 7.51. The summed E-state index contributed by atoms with van der Waals surface area (Å²) in [4.78, 5) is 74.2. The van der Waals surface area contributed by atoms with Crippen molar-refractivity contribution in [1.82, 2.24) is 30.6 Å². The molecule has 0 unspecified atom stereocenters. The minimum absolute atomic E-state index is 0.00634. The summed E-state index contributed by atoms with van der Waals surface area (Å²) < 4.78 is 39.8. The van der Waals surface area contributed by atoms with Crippen molar-refractivity contribution in [1.29, 1.82) is 0 Å². The third-order valence-corrected chi connectivity index (χ3v) is 12.0. The number of amides is 5. The van der Waals surface area contributed by atoms with E-state index in [1.165, 1.54) is 18.0 Å². The van der Waals surface area contributed by atoms with Crippen molar-refractivity contribution in [2.24, 2.45) is 5.92 Å². The highest BCUT2D eigenvalue weighted by Gasteiger charge is 2.62. The average molecular weight is 779 g/mol. The van der Waals surface area contributed by atoms with Crippen LogP contribution in [0.25, 0.3) is 11.3 Å². The third kappa shape index (κ3) is 9.64. The number of nitrogens with one attached hydrogen (secondary N) is 4. The van der Waals surface area contributed by atoms with Crippen molar-refractivity contribution in [3.63, 3.8) is 0 Å². The van der Waals surface area contributed by atoms with Gasteiger partial charge in [-0.2, -0.15) is 0 Å². The fourth-order valence-corrected chi connectivity index (χ4v) is 8.43. The first kappa shape index (κ1) is 39.7. The second-order valence-corrected chi connectivity index (χ2v) is 17.7. The van der Waals surface area contributed by atoms with E-state index < -0.39 is 80.2 Å². The number of rotatable bonds is 8. The highest BCUT2D eigenvalue weighted by Crippen LogP contribution is 2.46. The largest absolute Gasteiger partial charge is 0.488 e. The van der Waals surface area contributed by atoms with E-state index in [9.17, 15) is 32.4 Å². The Morgan fingerprint density at radius 2 is 1.76 bits per heavy atom. The number of carbonyl (C=O) groups is 5. The first-order chi connectivity index (χ1) is 26.1. The monoisotopic (exact) mass is 778 g/mol. The minimum Gasteiger partial charge on any atom is -0.488 e. The molecular formula is C39H50N6O9S. The fraction of sp³-hybridized carbons (Fsp3) is 0.538. The zero-order valence-corrected chi connectivity index (χ0v) is 32.4. The number of carbonyl (C=O) groups excluding carboxylic acids is 5. The fourth-order valence-electron chi connectivity index (χ4n) is 7.06. The molecule has 296 valence electrons. The van der Waals surface area contributed by atoms with Crippen molar-refractivity contribution < 1.29 is 41.9 Å². The van der Waals surface area contributed by atoms with Gasteiger partial charge in [-0.25, -0.2) is 18.2 Å². The van der Waals surface area contributed by atoms with Crippen LogP contribution in [0.2, 0.25) is 0 Å². The number of aromatic nitrogens is 1. The number of hydrogen-bond donors (Lipinski definition) is 4. The quantitative estimate of drug-likeness (QED) is 0.288. The molecule has 4 N–H and O–H groups in total. The predicted octanol–water partition coefficient (Wildman–Crippen LogP) is 3.35. The van der Waals surface area contributed by atoms with Gasteiger partial charge in [0.1, 0.15) is 40.8 Å². The molecule has 55 heavy (non-hydrogen) atoms. The first-order valence-electron chi connectivity index (χ1n) is 18.9. The Morgan fingerprint density at radius 1 is 1.02 bits per heavy atom. The summed E-state index contributed by atoms with van der Waals surface area (Å²) in [5.74, 6) is -2.61. The first-order valence-corrected chi connectivity index (χ1v) is 20.4. The third-order valence-electron chi connectivity index (χ3n) is 10.2. The van der Waals surface area contributed by atoms with Gasteiger partial charge in [-0.05, 0) is 59.3 Å². The molecule has 1 saturated heterocycles. The van der Waals surface area contributed by atoms with E-state index in [0.29, 0.717) is 31.4 Å². The number of fused-ring (bicyclic) bond motifs is 2. The molecule has 3 fully saturated rings. The van der Waals surface area contributed by atoms with Gasteiger partial charge in [0.15, 0.2) is 0 Å². The number of ether oxygens (including phenoxy) is 2. The lowest BCUT2D eigenvalue weighted by Crippen LogP contribution is -2.58. The van der Waals surface area contributed by atoms with Crippen LogP contribution in [-0.4, -0.2) is 96.2 Å². The molecule has 6 rings (SSSR count). The SMILES string of the molecule is CNC(=O)c1cc(O[C@@H]2C[C@H]3C(=O)N[C@]4(C(=O)NS(=O)(=O)C5CC5)C[C@H]4/C=C/CCCCC[C@H](NC(=O)OC(C)(C)C)C(=O)N3C2)cc(-c2ccccc2)n1. The lowest BCUT2D eigenvalue weighted by Gasteiger charge is -2.30. The van der Waals surface area contributed by atoms with Crippen LogP contribution in [-0.2, 0) is 29.1 Å². The van der Waals surface area contributed by atoms with Gasteiger partial charge in [0.25, 0.3) is 11.8 Å². The van der Waals surface area contributed by atoms with Gasteiger partial charge in [0.05, 0.1) is 17.5 Å². The van der Waals surface area contributed by atoms with Crippen LogP contribution >= 0.6 is 0 Å². The van der Waals surface area contributed by atoms with Gasteiger partial charge in [-0.15, -0.1) is 0 Å². The summed E-state index contributed by atoms with van der Waals surface area (Å²) in [7, 11) is -2.42.